The smallest absolute Gasteiger partial charge is 0.315 e. The molecule has 0 spiro atoms. The summed E-state index contributed by atoms with van der Waals surface area (Å²) >= 11 is 0. The molecular weight excluding hydrogens is 744 g/mol. The average Bonchev–Trinajstić information content (AvgIpc) is 3.92. The summed E-state index contributed by atoms with van der Waals surface area (Å²) in [5, 5.41) is 37.8. The molecule has 29 nitrogen and oxygen atoms in total. The van der Waals surface area contributed by atoms with Gasteiger partial charge in [0.15, 0.2) is 18.3 Å². The Morgan fingerprint density at radius 1 is 0.611 bits per heavy atom. The first-order chi connectivity index (χ1) is 25.1. The predicted octanol–water partition coefficient (Wildman–Crippen LogP) is -5.02. The SMILES string of the molecule is CC(=O)CNC(=O)N[C@H]1CO[C@H]2[C@@H]1OC[C@H]2O[N+](=O)[O-].N.NC(=O)CNC(=O)N[C@H]1CO[C@H]2[C@@H]1OC[C@H]2O[N+](=O)[O-].N[C@H]1CO[C@H]2[C@@H]1OC[C@H]2O[N+](=O)[O-]. The quantitative estimate of drug-likeness (QED) is 0.0719. The average molecular weight is 787 g/mol. The van der Waals surface area contributed by atoms with E-state index < -0.39 is 88.0 Å². The highest BCUT2D eigenvalue weighted by Crippen LogP contribution is 2.30. The lowest BCUT2D eigenvalue weighted by atomic mass is 10.1. The molecule has 0 unspecified atom stereocenters. The van der Waals surface area contributed by atoms with Crippen molar-refractivity contribution in [2.24, 2.45) is 11.5 Å². The molecule has 5 amide bonds. The fourth-order valence-corrected chi connectivity index (χ4v) is 6.08. The van der Waals surface area contributed by atoms with E-state index in [-0.39, 0.29) is 76.3 Å². The van der Waals surface area contributed by atoms with E-state index >= 15 is 0 Å². The Morgan fingerprint density at radius 2 is 0.963 bits per heavy atom. The van der Waals surface area contributed by atoms with Gasteiger partial charge in [0.1, 0.15) is 42.4 Å². The van der Waals surface area contributed by atoms with Crippen LogP contribution >= 0.6 is 0 Å². The van der Waals surface area contributed by atoms with E-state index in [1.807, 2.05) is 0 Å². The van der Waals surface area contributed by atoms with Gasteiger partial charge in [-0.25, -0.2) is 9.59 Å². The number of nitrogens with two attached hydrogens (primary N) is 2. The van der Waals surface area contributed by atoms with Gasteiger partial charge in [0.25, 0.3) is 15.3 Å². The number of amides is 5. The van der Waals surface area contributed by atoms with Crippen molar-refractivity contribution in [3.8, 4) is 0 Å². The molecule has 0 bridgehead atoms. The fourth-order valence-electron chi connectivity index (χ4n) is 6.08. The number of fused-ring (bicyclic) bond motifs is 3. The number of ketones is 1. The van der Waals surface area contributed by atoms with Gasteiger partial charge in [0.2, 0.25) is 5.91 Å². The van der Waals surface area contributed by atoms with Crippen LogP contribution in [0.4, 0.5) is 9.59 Å². The molecule has 54 heavy (non-hydrogen) atoms. The van der Waals surface area contributed by atoms with Crippen molar-refractivity contribution in [1.82, 2.24) is 27.4 Å². The van der Waals surface area contributed by atoms with Crippen molar-refractivity contribution in [3.05, 3.63) is 30.3 Å². The van der Waals surface area contributed by atoms with E-state index in [4.69, 9.17) is 39.9 Å². The summed E-state index contributed by atoms with van der Waals surface area (Å²) in [7, 11) is 0. The molecule has 6 rings (SSSR count). The minimum Gasteiger partial charge on any atom is -0.371 e. The van der Waals surface area contributed by atoms with Crippen molar-refractivity contribution < 1.29 is 77.4 Å². The van der Waals surface area contributed by atoms with Gasteiger partial charge in [-0.05, 0) is 6.92 Å². The van der Waals surface area contributed by atoms with Gasteiger partial charge < -0.3 is 81.8 Å². The van der Waals surface area contributed by atoms with Crippen LogP contribution in [0.15, 0.2) is 0 Å². The summed E-state index contributed by atoms with van der Waals surface area (Å²) in [4.78, 5) is 88.2. The highest BCUT2D eigenvalue weighted by molar-refractivity contribution is 5.84. The third-order valence-electron chi connectivity index (χ3n) is 8.28. The maximum absolute atomic E-state index is 11.5. The minimum atomic E-state index is -0.903. The Balaban J connectivity index is 0.000000221. The van der Waals surface area contributed by atoms with Crippen LogP contribution in [0.3, 0.4) is 0 Å². The van der Waals surface area contributed by atoms with Gasteiger partial charge in [-0.2, -0.15) is 0 Å². The third kappa shape index (κ3) is 12.0. The number of hydrogen-bond donors (Lipinski definition) is 7. The zero-order chi connectivity index (χ0) is 38.8. The van der Waals surface area contributed by atoms with E-state index in [0.29, 0.717) is 6.61 Å². The maximum Gasteiger partial charge on any atom is 0.315 e. The van der Waals surface area contributed by atoms with E-state index in [2.05, 4.69) is 35.8 Å². The summed E-state index contributed by atoms with van der Waals surface area (Å²) < 4.78 is 31.9. The molecule has 0 radical (unpaired) electrons. The molecule has 12 atom stereocenters. The predicted molar refractivity (Wildman–Crippen MR) is 168 cm³/mol. The van der Waals surface area contributed by atoms with Crippen LogP contribution in [-0.2, 0) is 52.5 Å². The molecule has 6 aliphatic rings. The third-order valence-corrected chi connectivity index (χ3v) is 8.28. The number of ether oxygens (including phenoxy) is 6. The highest BCUT2D eigenvalue weighted by atomic mass is 17.0. The van der Waals surface area contributed by atoms with Crippen molar-refractivity contribution in [1.29, 1.82) is 0 Å². The van der Waals surface area contributed by atoms with Gasteiger partial charge >= 0.3 is 12.1 Å². The van der Waals surface area contributed by atoms with Crippen LogP contribution in [0.1, 0.15) is 6.92 Å². The second kappa shape index (κ2) is 19.9. The number of rotatable bonds is 12. The summed E-state index contributed by atoms with van der Waals surface area (Å²) in [5.74, 6) is -0.838. The van der Waals surface area contributed by atoms with Crippen LogP contribution in [0.2, 0.25) is 0 Å². The molecule has 306 valence electrons. The Hall–Kier alpha value is -5.04. The van der Waals surface area contributed by atoms with Gasteiger partial charge in [-0.15, -0.1) is 30.3 Å². The highest BCUT2D eigenvalue weighted by Gasteiger charge is 2.51. The van der Waals surface area contributed by atoms with Gasteiger partial charge in [0, 0.05) is 0 Å². The molecule has 0 aliphatic carbocycles. The van der Waals surface area contributed by atoms with Crippen molar-refractivity contribution in [2.75, 3.05) is 52.7 Å². The molecule has 6 aliphatic heterocycles. The molecule has 0 aromatic carbocycles. The van der Waals surface area contributed by atoms with Crippen LogP contribution in [0.5, 0.6) is 0 Å². The number of carbonyl (C=O) groups is 4. The zero-order valence-corrected chi connectivity index (χ0v) is 28.5. The molecule has 0 aromatic heterocycles. The van der Waals surface area contributed by atoms with E-state index in [9.17, 15) is 49.5 Å². The summed E-state index contributed by atoms with van der Waals surface area (Å²) in [6, 6.07) is -2.23. The monoisotopic (exact) mass is 786 g/mol. The lowest BCUT2D eigenvalue weighted by Gasteiger charge is -2.17. The summed E-state index contributed by atoms with van der Waals surface area (Å²) in [6.07, 6.45) is -5.10. The number of Topliss-reactive ketones (excluding diaryl/α,β-unsaturated/α-hetero) is 1. The Morgan fingerprint density at radius 3 is 1.35 bits per heavy atom. The molecule has 29 heteroatoms. The molecule has 11 N–H and O–H groups in total. The fraction of sp³-hybridized carbons (Fsp3) is 0.840. The van der Waals surface area contributed by atoms with Crippen molar-refractivity contribution >= 4 is 23.8 Å². The standard InChI is InChI=1S/C10H15N3O7.C9H14N4O7.C6H10N2O5.H3N/c1-5(14)2-11-10(15)12-6-3-18-9-7(20-13(16)17)4-19-8(6)9;10-6(14)1-11-9(15)12-4-2-18-8-5(20-13(16)17)3-19-7(4)8;7-3-1-11-6-4(13-8(9)10)2-12-5(3)6;/h6-9H,2-4H2,1H3,(H2,11,12,15);4-5,7-8H,1-3H2,(H2,10,14)(H2,11,12,15);3-6H,1-2,7H2;1H3/t6-,7+,8+,9+;4-,5+,7+,8+;3-,4+,5+,6+;/m000./s1. The van der Waals surface area contributed by atoms with Crippen LogP contribution in [-0.4, -0.2) is 165 Å². The largest absolute Gasteiger partial charge is 0.371 e. The normalized spacial score (nSPS) is 33.7. The number of hydrogen-bond acceptors (Lipinski definition) is 21. The van der Waals surface area contributed by atoms with Gasteiger partial charge in [-0.3, -0.25) is 9.59 Å². The maximum atomic E-state index is 11.5. The van der Waals surface area contributed by atoms with Gasteiger partial charge in [-0.1, -0.05) is 0 Å². The summed E-state index contributed by atoms with van der Waals surface area (Å²) in [6.45, 7) is 1.88. The lowest BCUT2D eigenvalue weighted by molar-refractivity contribution is -0.769. The van der Waals surface area contributed by atoms with Crippen molar-refractivity contribution in [2.45, 2.75) is 80.0 Å². The molecular formula is C25H42N10O19. The first-order valence-corrected chi connectivity index (χ1v) is 15.9. The molecule has 6 fully saturated rings. The summed E-state index contributed by atoms with van der Waals surface area (Å²) in [5.41, 5.74) is 10.5. The van der Waals surface area contributed by atoms with Crippen LogP contribution < -0.4 is 38.9 Å². The number of urea groups is 2. The number of carbonyl (C=O) groups excluding carboxylic acids is 4. The zero-order valence-electron chi connectivity index (χ0n) is 28.5. The van der Waals surface area contributed by atoms with Crippen LogP contribution in [0, 0.1) is 30.3 Å². The van der Waals surface area contributed by atoms with Crippen LogP contribution in [0.25, 0.3) is 0 Å². The van der Waals surface area contributed by atoms with Gasteiger partial charge in [0.05, 0.1) is 70.9 Å². The first kappa shape index (κ1) is 43.4. The molecule has 6 saturated heterocycles. The molecule has 0 aromatic rings. The Bertz CT molecular complexity index is 1290. The lowest BCUT2D eigenvalue weighted by Crippen LogP contribution is -2.49. The second-order valence-electron chi connectivity index (χ2n) is 12.1. The molecule has 6 heterocycles. The number of nitrogens with one attached hydrogen (secondary N) is 4. The van der Waals surface area contributed by atoms with E-state index in [1.54, 1.807) is 0 Å². The topological polar surface area (TPSA) is 416 Å². The Labute approximate surface area is 303 Å². The number of primary amides is 1. The number of nitrogens with zero attached hydrogens (tertiary/aromatic N) is 3. The molecule has 0 saturated carbocycles. The Kier molecular flexibility index (Phi) is 16.0. The first-order valence-electron chi connectivity index (χ1n) is 15.9. The van der Waals surface area contributed by atoms with Crippen molar-refractivity contribution in [3.63, 3.8) is 0 Å². The van der Waals surface area contributed by atoms with E-state index in [1.165, 1.54) is 6.92 Å². The van der Waals surface area contributed by atoms with E-state index in [0.717, 1.165) is 0 Å². The second-order valence-corrected chi connectivity index (χ2v) is 12.1. The minimum absolute atomic E-state index is 0.